The van der Waals surface area contributed by atoms with Crippen molar-refractivity contribution in [2.45, 2.75) is 12.6 Å². The van der Waals surface area contributed by atoms with Crippen LogP contribution in [0, 0.1) is 17.6 Å². The van der Waals surface area contributed by atoms with Crippen LogP contribution in [0.1, 0.15) is 5.56 Å². The monoisotopic (exact) mass is 284 g/mol. The van der Waals surface area contributed by atoms with Crippen LogP contribution in [0.4, 0.5) is 8.78 Å². The highest BCUT2D eigenvalue weighted by Gasteiger charge is 2.34. The first-order valence-corrected chi connectivity index (χ1v) is 6.47. The molecule has 6 heteroatoms. The fourth-order valence-electron chi connectivity index (χ4n) is 2.35. The molecule has 1 aromatic carbocycles. The SMILES string of the molecule is CNC1COCC1C(=O)N(C)Cc1ccc(F)cc1F. The highest BCUT2D eigenvalue weighted by molar-refractivity contribution is 5.79. The lowest BCUT2D eigenvalue weighted by Crippen LogP contribution is -2.43. The van der Waals surface area contributed by atoms with E-state index in [4.69, 9.17) is 4.74 Å². The standard InChI is InChI=1S/C14H18F2N2O2/c1-17-13-8-20-7-11(13)14(19)18(2)6-9-3-4-10(15)5-12(9)16/h3-5,11,13,17H,6-8H2,1-2H3. The maximum Gasteiger partial charge on any atom is 0.229 e. The molecule has 1 aliphatic heterocycles. The van der Waals surface area contributed by atoms with Gasteiger partial charge >= 0.3 is 0 Å². The van der Waals surface area contributed by atoms with Crippen molar-refractivity contribution in [2.24, 2.45) is 5.92 Å². The minimum atomic E-state index is -0.641. The highest BCUT2D eigenvalue weighted by atomic mass is 19.1. The number of carbonyl (C=O) groups is 1. The number of benzene rings is 1. The van der Waals surface area contributed by atoms with Gasteiger partial charge in [-0.05, 0) is 13.1 Å². The molecule has 1 saturated heterocycles. The summed E-state index contributed by atoms with van der Waals surface area (Å²) in [7, 11) is 3.38. The van der Waals surface area contributed by atoms with Crippen LogP contribution < -0.4 is 5.32 Å². The maximum atomic E-state index is 13.6. The van der Waals surface area contributed by atoms with E-state index >= 15 is 0 Å². The molecule has 0 bridgehead atoms. The van der Waals surface area contributed by atoms with E-state index in [9.17, 15) is 13.6 Å². The van der Waals surface area contributed by atoms with E-state index in [0.29, 0.717) is 18.8 Å². The molecule has 110 valence electrons. The Morgan fingerprint density at radius 3 is 2.85 bits per heavy atom. The van der Waals surface area contributed by atoms with E-state index < -0.39 is 11.6 Å². The van der Waals surface area contributed by atoms with E-state index in [0.717, 1.165) is 6.07 Å². The van der Waals surface area contributed by atoms with Crippen LogP contribution in [0.3, 0.4) is 0 Å². The van der Waals surface area contributed by atoms with Gasteiger partial charge in [0, 0.05) is 31.3 Å². The summed E-state index contributed by atoms with van der Waals surface area (Å²) in [5, 5.41) is 3.04. The summed E-state index contributed by atoms with van der Waals surface area (Å²) in [6.07, 6.45) is 0. The Morgan fingerprint density at radius 1 is 1.45 bits per heavy atom. The summed E-state index contributed by atoms with van der Waals surface area (Å²) in [6.45, 7) is 0.962. The Balaban J connectivity index is 2.04. The third kappa shape index (κ3) is 3.13. The molecule has 1 aliphatic rings. The van der Waals surface area contributed by atoms with Crippen molar-refractivity contribution in [2.75, 3.05) is 27.3 Å². The molecule has 0 aromatic heterocycles. The molecule has 2 unspecified atom stereocenters. The van der Waals surface area contributed by atoms with Crippen LogP contribution in [-0.4, -0.2) is 44.2 Å². The number of carbonyl (C=O) groups excluding carboxylic acids is 1. The van der Waals surface area contributed by atoms with E-state index in [1.807, 2.05) is 0 Å². The molecule has 1 N–H and O–H groups in total. The molecule has 0 radical (unpaired) electrons. The molecule has 1 aromatic rings. The number of amides is 1. The van der Waals surface area contributed by atoms with Crippen LogP contribution in [0.2, 0.25) is 0 Å². The molecular formula is C14H18F2N2O2. The van der Waals surface area contributed by atoms with Gasteiger partial charge in [-0.15, -0.1) is 0 Å². The van der Waals surface area contributed by atoms with Crippen molar-refractivity contribution < 1.29 is 18.3 Å². The molecule has 0 spiro atoms. The Labute approximate surface area is 116 Å². The van der Waals surface area contributed by atoms with Gasteiger partial charge in [0.1, 0.15) is 11.6 Å². The van der Waals surface area contributed by atoms with Gasteiger partial charge in [0.2, 0.25) is 5.91 Å². The lowest BCUT2D eigenvalue weighted by molar-refractivity contribution is -0.135. The van der Waals surface area contributed by atoms with Gasteiger partial charge in [-0.1, -0.05) is 6.07 Å². The third-order valence-electron chi connectivity index (χ3n) is 3.57. The summed E-state index contributed by atoms with van der Waals surface area (Å²) in [4.78, 5) is 13.8. The number of hydrogen-bond donors (Lipinski definition) is 1. The Morgan fingerprint density at radius 2 is 2.20 bits per heavy atom. The number of nitrogens with zero attached hydrogens (tertiary/aromatic N) is 1. The second-order valence-corrected chi connectivity index (χ2v) is 4.97. The molecule has 1 amide bonds. The average molecular weight is 284 g/mol. The molecule has 20 heavy (non-hydrogen) atoms. The largest absolute Gasteiger partial charge is 0.379 e. The normalized spacial score (nSPS) is 22.0. The highest BCUT2D eigenvalue weighted by Crippen LogP contribution is 2.18. The summed E-state index contributed by atoms with van der Waals surface area (Å²) >= 11 is 0. The van der Waals surface area contributed by atoms with Gasteiger partial charge in [-0.25, -0.2) is 8.78 Å². The van der Waals surface area contributed by atoms with Crippen molar-refractivity contribution in [3.63, 3.8) is 0 Å². The number of hydrogen-bond acceptors (Lipinski definition) is 3. The van der Waals surface area contributed by atoms with Gasteiger partial charge < -0.3 is 15.0 Å². The van der Waals surface area contributed by atoms with E-state index in [1.165, 1.54) is 17.0 Å². The topological polar surface area (TPSA) is 41.6 Å². The third-order valence-corrected chi connectivity index (χ3v) is 3.57. The van der Waals surface area contributed by atoms with Crippen LogP contribution in [0.5, 0.6) is 0 Å². The minimum absolute atomic E-state index is 0.0250. The first kappa shape index (κ1) is 14.9. The molecule has 2 rings (SSSR count). The van der Waals surface area contributed by atoms with E-state index in [2.05, 4.69) is 5.32 Å². The quantitative estimate of drug-likeness (QED) is 0.902. The van der Waals surface area contributed by atoms with Crippen molar-refractivity contribution in [3.8, 4) is 0 Å². The van der Waals surface area contributed by atoms with Crippen molar-refractivity contribution in [1.82, 2.24) is 10.2 Å². The predicted octanol–water partition coefficient (Wildman–Crippen LogP) is 1.16. The Bertz CT molecular complexity index is 496. The average Bonchev–Trinajstić information content (AvgIpc) is 2.89. The fraction of sp³-hybridized carbons (Fsp3) is 0.500. The smallest absolute Gasteiger partial charge is 0.229 e. The van der Waals surface area contributed by atoms with Crippen LogP contribution in [-0.2, 0) is 16.1 Å². The summed E-state index contributed by atoms with van der Waals surface area (Å²) < 4.78 is 31.7. The van der Waals surface area contributed by atoms with Gasteiger partial charge in [0.25, 0.3) is 0 Å². The van der Waals surface area contributed by atoms with Crippen LogP contribution in [0.15, 0.2) is 18.2 Å². The summed E-state index contributed by atoms with van der Waals surface area (Å²) in [5.74, 6) is -1.64. The predicted molar refractivity (Wildman–Crippen MR) is 70.0 cm³/mol. The van der Waals surface area contributed by atoms with Gasteiger partial charge in [0.05, 0.1) is 19.1 Å². The lowest BCUT2D eigenvalue weighted by Gasteiger charge is -2.24. The zero-order chi connectivity index (χ0) is 14.7. The zero-order valence-corrected chi connectivity index (χ0v) is 11.5. The van der Waals surface area contributed by atoms with Gasteiger partial charge in [0.15, 0.2) is 0 Å². The number of likely N-dealkylation sites (N-methyl/N-ethyl adjacent to an activating group) is 1. The Hall–Kier alpha value is -1.53. The number of rotatable bonds is 4. The van der Waals surface area contributed by atoms with Crippen LogP contribution in [0.25, 0.3) is 0 Å². The molecule has 2 atom stereocenters. The van der Waals surface area contributed by atoms with Crippen molar-refractivity contribution >= 4 is 5.91 Å². The van der Waals surface area contributed by atoms with E-state index in [1.54, 1.807) is 14.1 Å². The second kappa shape index (κ2) is 6.28. The van der Waals surface area contributed by atoms with Crippen LogP contribution >= 0.6 is 0 Å². The molecule has 1 heterocycles. The summed E-state index contributed by atoms with van der Waals surface area (Å²) in [6, 6.07) is 3.34. The van der Waals surface area contributed by atoms with Crippen molar-refractivity contribution in [1.29, 1.82) is 0 Å². The molecule has 0 saturated carbocycles. The molecule has 1 fully saturated rings. The molecular weight excluding hydrogens is 266 g/mol. The molecule has 4 nitrogen and oxygen atoms in total. The number of nitrogens with one attached hydrogen (secondary N) is 1. The second-order valence-electron chi connectivity index (χ2n) is 4.97. The summed E-state index contributed by atoms with van der Waals surface area (Å²) in [5.41, 5.74) is 0.294. The first-order valence-electron chi connectivity index (χ1n) is 6.47. The van der Waals surface area contributed by atoms with Gasteiger partial charge in [-0.3, -0.25) is 4.79 Å². The Kier molecular flexibility index (Phi) is 4.67. The number of ether oxygens (including phenoxy) is 1. The van der Waals surface area contributed by atoms with Gasteiger partial charge in [-0.2, -0.15) is 0 Å². The minimum Gasteiger partial charge on any atom is -0.379 e. The molecule has 0 aliphatic carbocycles. The van der Waals surface area contributed by atoms with Crippen molar-refractivity contribution in [3.05, 3.63) is 35.4 Å². The first-order chi connectivity index (χ1) is 9.52. The zero-order valence-electron chi connectivity index (χ0n) is 11.5. The number of halogens is 2. The van der Waals surface area contributed by atoms with E-state index in [-0.39, 0.29) is 24.4 Å². The maximum absolute atomic E-state index is 13.6. The fourth-order valence-corrected chi connectivity index (χ4v) is 2.35. The lowest BCUT2D eigenvalue weighted by atomic mass is 10.0.